The first-order valence-electron chi connectivity index (χ1n) is 8.69. The van der Waals surface area contributed by atoms with Crippen LogP contribution in [-0.4, -0.2) is 53.5 Å². The number of nitrogens with zero attached hydrogens (tertiary/aromatic N) is 3. The summed E-state index contributed by atoms with van der Waals surface area (Å²) in [5.74, 6) is -0.538. The molecule has 3 heterocycles. The fraction of sp³-hybridized carbons (Fsp3) is 0.529. The van der Waals surface area contributed by atoms with Gasteiger partial charge in [0.15, 0.2) is 0 Å². The van der Waals surface area contributed by atoms with Crippen molar-refractivity contribution in [3.63, 3.8) is 0 Å². The molecule has 0 radical (unpaired) electrons. The molecule has 0 bridgehead atoms. The molecule has 9 heteroatoms. The van der Waals surface area contributed by atoms with Gasteiger partial charge in [-0.2, -0.15) is 0 Å². The Morgan fingerprint density at radius 3 is 2.62 bits per heavy atom. The average Bonchev–Trinajstić information content (AvgIpc) is 3.16. The van der Waals surface area contributed by atoms with Crippen molar-refractivity contribution in [2.75, 3.05) is 31.2 Å². The van der Waals surface area contributed by atoms with E-state index in [2.05, 4.69) is 14.9 Å². The molecule has 1 saturated heterocycles. The zero-order valence-electron chi connectivity index (χ0n) is 14.9. The van der Waals surface area contributed by atoms with Crippen LogP contribution in [0.1, 0.15) is 32.3 Å². The molecule has 3 rings (SSSR count). The number of carbonyl (C=O) groups is 2. The van der Waals surface area contributed by atoms with Crippen molar-refractivity contribution in [1.29, 1.82) is 0 Å². The summed E-state index contributed by atoms with van der Waals surface area (Å²) in [6, 6.07) is 0. The second kappa shape index (κ2) is 7.94. The van der Waals surface area contributed by atoms with E-state index in [4.69, 9.17) is 15.2 Å². The third-order valence-corrected chi connectivity index (χ3v) is 5.40. The summed E-state index contributed by atoms with van der Waals surface area (Å²) in [5.41, 5.74) is 7.02. The van der Waals surface area contributed by atoms with Gasteiger partial charge in [-0.05, 0) is 26.7 Å². The summed E-state index contributed by atoms with van der Waals surface area (Å²) < 4.78 is 10.2. The summed E-state index contributed by atoms with van der Waals surface area (Å²) in [7, 11) is 0. The molecule has 1 aromatic rings. The van der Waals surface area contributed by atoms with Gasteiger partial charge in [0.2, 0.25) is 5.95 Å². The topological polar surface area (TPSA) is 108 Å². The van der Waals surface area contributed by atoms with Gasteiger partial charge in [0.1, 0.15) is 10.3 Å². The van der Waals surface area contributed by atoms with Crippen molar-refractivity contribution >= 4 is 35.3 Å². The molecule has 0 aromatic carbocycles. The molecular formula is C17H22N4O4S. The SMILES string of the molecule is CCOC(=O)C1=C(N)c2cnc(N3CCCC3)nc2SC1C(=O)OCC. The minimum Gasteiger partial charge on any atom is -0.465 e. The van der Waals surface area contributed by atoms with Crippen LogP contribution in [0.3, 0.4) is 0 Å². The summed E-state index contributed by atoms with van der Waals surface area (Å²) in [6.07, 6.45) is 3.82. The molecule has 0 spiro atoms. The maximum atomic E-state index is 12.4. The second-order valence-corrected chi connectivity index (χ2v) is 6.97. The van der Waals surface area contributed by atoms with Crippen molar-refractivity contribution < 1.29 is 19.1 Å². The van der Waals surface area contributed by atoms with Crippen LogP contribution in [0.2, 0.25) is 0 Å². The zero-order valence-corrected chi connectivity index (χ0v) is 15.7. The Bertz CT molecular complexity index is 746. The monoisotopic (exact) mass is 378 g/mol. The molecule has 0 aliphatic carbocycles. The summed E-state index contributed by atoms with van der Waals surface area (Å²) >= 11 is 1.15. The van der Waals surface area contributed by atoms with Crippen molar-refractivity contribution in [3.8, 4) is 0 Å². The zero-order chi connectivity index (χ0) is 18.7. The first kappa shape index (κ1) is 18.5. The lowest BCUT2D eigenvalue weighted by atomic mass is 10.1. The van der Waals surface area contributed by atoms with Crippen molar-refractivity contribution in [3.05, 3.63) is 17.3 Å². The third kappa shape index (κ3) is 3.48. The summed E-state index contributed by atoms with van der Waals surface area (Å²) in [4.78, 5) is 35.9. The molecule has 2 aliphatic rings. The van der Waals surface area contributed by atoms with Gasteiger partial charge in [0.05, 0.1) is 24.5 Å². The van der Waals surface area contributed by atoms with Gasteiger partial charge in [-0.3, -0.25) is 4.79 Å². The highest BCUT2D eigenvalue weighted by molar-refractivity contribution is 8.01. The number of fused-ring (bicyclic) bond motifs is 1. The van der Waals surface area contributed by atoms with E-state index < -0.39 is 17.2 Å². The molecule has 2 aliphatic heterocycles. The van der Waals surface area contributed by atoms with Gasteiger partial charge in [-0.25, -0.2) is 14.8 Å². The first-order valence-corrected chi connectivity index (χ1v) is 9.57. The van der Waals surface area contributed by atoms with Gasteiger partial charge in [-0.15, -0.1) is 0 Å². The lowest BCUT2D eigenvalue weighted by molar-refractivity contribution is -0.145. The Morgan fingerprint density at radius 2 is 1.96 bits per heavy atom. The Kier molecular flexibility index (Phi) is 5.65. The van der Waals surface area contributed by atoms with Crippen LogP contribution < -0.4 is 10.6 Å². The maximum Gasteiger partial charge on any atom is 0.337 e. The highest BCUT2D eigenvalue weighted by Gasteiger charge is 2.39. The van der Waals surface area contributed by atoms with E-state index in [1.54, 1.807) is 20.0 Å². The van der Waals surface area contributed by atoms with E-state index in [0.717, 1.165) is 37.7 Å². The number of hydrogen-bond acceptors (Lipinski definition) is 9. The Morgan fingerprint density at radius 1 is 1.27 bits per heavy atom. The third-order valence-electron chi connectivity index (χ3n) is 4.20. The molecule has 0 amide bonds. The molecule has 0 saturated carbocycles. The van der Waals surface area contributed by atoms with Crippen molar-refractivity contribution in [1.82, 2.24) is 9.97 Å². The van der Waals surface area contributed by atoms with Crippen LogP contribution in [0.25, 0.3) is 5.70 Å². The number of ether oxygens (including phenoxy) is 2. The fourth-order valence-corrected chi connectivity index (χ4v) is 4.12. The van der Waals surface area contributed by atoms with Crippen LogP contribution in [0.15, 0.2) is 16.8 Å². The number of anilines is 1. The number of esters is 2. The molecule has 26 heavy (non-hydrogen) atoms. The first-order chi connectivity index (χ1) is 12.6. The number of carbonyl (C=O) groups excluding carboxylic acids is 2. The number of thioether (sulfide) groups is 1. The number of nitrogens with two attached hydrogens (primary N) is 1. The highest BCUT2D eigenvalue weighted by Crippen LogP contribution is 2.40. The van der Waals surface area contributed by atoms with Crippen LogP contribution in [-0.2, 0) is 19.1 Å². The van der Waals surface area contributed by atoms with Gasteiger partial charge in [-0.1, -0.05) is 11.8 Å². The predicted octanol–water partition coefficient (Wildman–Crippen LogP) is 1.35. The predicted molar refractivity (Wildman–Crippen MR) is 97.5 cm³/mol. The lowest BCUT2D eigenvalue weighted by Gasteiger charge is -2.26. The molecular weight excluding hydrogens is 356 g/mol. The Balaban J connectivity index is 2.01. The van der Waals surface area contributed by atoms with E-state index in [1.165, 1.54) is 0 Å². The largest absolute Gasteiger partial charge is 0.465 e. The number of aromatic nitrogens is 2. The number of rotatable bonds is 5. The smallest absolute Gasteiger partial charge is 0.337 e. The molecule has 8 nitrogen and oxygen atoms in total. The maximum absolute atomic E-state index is 12.4. The highest BCUT2D eigenvalue weighted by atomic mass is 32.2. The minimum absolute atomic E-state index is 0.0975. The number of hydrogen-bond donors (Lipinski definition) is 1. The van der Waals surface area contributed by atoms with E-state index in [-0.39, 0.29) is 24.5 Å². The van der Waals surface area contributed by atoms with Crippen LogP contribution in [0.5, 0.6) is 0 Å². The van der Waals surface area contributed by atoms with E-state index in [0.29, 0.717) is 16.5 Å². The standard InChI is InChI=1S/C17H22N4O4S/c1-3-24-15(22)11-12(18)10-9-19-17(21-7-5-6-8-21)20-14(10)26-13(11)16(23)25-4-2/h9,13H,3-8,18H2,1-2H3. The van der Waals surface area contributed by atoms with Crippen LogP contribution in [0.4, 0.5) is 5.95 Å². The van der Waals surface area contributed by atoms with E-state index in [9.17, 15) is 9.59 Å². The van der Waals surface area contributed by atoms with Crippen LogP contribution >= 0.6 is 11.8 Å². The van der Waals surface area contributed by atoms with Gasteiger partial charge in [0.25, 0.3) is 0 Å². The van der Waals surface area contributed by atoms with E-state index in [1.807, 2.05) is 0 Å². The van der Waals surface area contributed by atoms with Gasteiger partial charge >= 0.3 is 11.9 Å². The molecule has 1 aromatic heterocycles. The Hall–Kier alpha value is -2.29. The van der Waals surface area contributed by atoms with Crippen molar-refractivity contribution in [2.45, 2.75) is 37.0 Å². The minimum atomic E-state index is -0.900. The van der Waals surface area contributed by atoms with Gasteiger partial charge in [0, 0.05) is 24.8 Å². The Labute approximate surface area is 156 Å². The molecule has 2 N–H and O–H groups in total. The second-order valence-electron chi connectivity index (χ2n) is 5.88. The molecule has 140 valence electrons. The molecule has 1 atom stereocenters. The lowest BCUT2D eigenvalue weighted by Crippen LogP contribution is -2.33. The fourth-order valence-electron chi connectivity index (χ4n) is 2.97. The average molecular weight is 378 g/mol. The van der Waals surface area contributed by atoms with Gasteiger partial charge < -0.3 is 20.1 Å². The molecule has 1 unspecified atom stereocenters. The quantitative estimate of drug-likeness (QED) is 0.600. The van der Waals surface area contributed by atoms with Crippen LogP contribution in [0, 0.1) is 0 Å². The van der Waals surface area contributed by atoms with Crippen molar-refractivity contribution in [2.24, 2.45) is 5.73 Å². The summed E-state index contributed by atoms with van der Waals surface area (Å²) in [6.45, 7) is 5.62. The van der Waals surface area contributed by atoms with E-state index >= 15 is 0 Å². The summed E-state index contributed by atoms with van der Waals surface area (Å²) in [5, 5.41) is -0.326. The molecule has 1 fully saturated rings. The normalized spacial score (nSPS) is 19.3.